The van der Waals surface area contributed by atoms with Crippen LogP contribution >= 0.6 is 0 Å². The van der Waals surface area contributed by atoms with Crippen molar-refractivity contribution in [2.75, 3.05) is 118 Å². The lowest BCUT2D eigenvalue weighted by atomic mass is 9.72. The number of nitrogens with one attached hydrogen (secondary N) is 1. The molecule has 3 saturated heterocycles. The van der Waals surface area contributed by atoms with E-state index in [1.165, 1.54) is 29.8 Å². The number of hydrogen-bond acceptors (Lipinski definition) is 11. The van der Waals surface area contributed by atoms with E-state index in [1.54, 1.807) is 23.9 Å². The standard InChI is InChI=1S/C80H97F7N8O8/c1-76(2,3)54-94(40-16-8-11-24-71(96)90(5)46-47-92-41-33-66(34-42-92)103-75(100)88-69-23-15-13-21-67(69)58-18-9-7-10-19-58)52-57-25-27-59(28-26-57)73(98)91(6)39-17-38-89(4)72(97)53-101-70-50-60-20-12-14-22-68(60)77(70)35-43-93(44-36-77)45-37-78(62-29-31-65(81)32-30-62)55-95(56-102-78)74(99)61-48-63(79(82,83)84)51-64(49-61)80(85,86)87/h7,9-10,12-15,18-23,25-32,48-49,51,66,70H,8,11,16-17,24,33-47,50,52-56H2,1-6H3,(H,88,100)/t70-,78+/m0/s1. The quantitative estimate of drug-likeness (QED) is 0.0370. The van der Waals surface area contributed by atoms with E-state index in [2.05, 4.69) is 52.9 Å². The van der Waals surface area contributed by atoms with Gasteiger partial charge in [-0.1, -0.05) is 124 Å². The zero-order chi connectivity index (χ0) is 73.7. The third kappa shape index (κ3) is 20.6. The molecule has 1 spiro atoms. The average Bonchev–Trinajstić information content (AvgIpc) is 1.62. The number of nitrogens with zero attached hydrogens (tertiary/aromatic N) is 7. The van der Waals surface area contributed by atoms with E-state index in [0.717, 1.165) is 98.5 Å². The summed E-state index contributed by atoms with van der Waals surface area (Å²) < 4.78 is 116. The summed E-state index contributed by atoms with van der Waals surface area (Å²) in [5.41, 5.74) is 1.50. The predicted octanol–water partition coefficient (Wildman–Crippen LogP) is 14.4. The number of carbonyl (C=O) groups is 5. The summed E-state index contributed by atoms with van der Waals surface area (Å²) in [6, 6.07) is 39.8. The minimum Gasteiger partial charge on any atom is -0.446 e. The van der Waals surface area contributed by atoms with E-state index in [9.17, 15) is 54.7 Å². The Hall–Kier alpha value is -8.22. The van der Waals surface area contributed by atoms with Gasteiger partial charge in [-0.15, -0.1) is 0 Å². The maximum absolute atomic E-state index is 14.3. The van der Waals surface area contributed by atoms with Crippen LogP contribution in [0.2, 0.25) is 0 Å². The molecule has 0 saturated carbocycles. The van der Waals surface area contributed by atoms with E-state index < -0.39 is 64.6 Å². The minimum absolute atomic E-state index is 0.0260. The third-order valence-electron chi connectivity index (χ3n) is 20.7. The van der Waals surface area contributed by atoms with Gasteiger partial charge in [0.15, 0.2) is 0 Å². The Morgan fingerprint density at radius 2 is 1.27 bits per heavy atom. The highest BCUT2D eigenvalue weighted by atomic mass is 19.4. The van der Waals surface area contributed by atoms with Crippen molar-refractivity contribution in [2.45, 2.75) is 134 Å². The Morgan fingerprint density at radius 1 is 0.641 bits per heavy atom. The van der Waals surface area contributed by atoms with Gasteiger partial charge in [0, 0.05) is 109 Å². The fourth-order valence-corrected chi connectivity index (χ4v) is 14.9. The second-order valence-electron chi connectivity index (χ2n) is 29.5. The summed E-state index contributed by atoms with van der Waals surface area (Å²) in [7, 11) is 5.37. The van der Waals surface area contributed by atoms with Gasteiger partial charge in [-0.05, 0) is 159 Å². The smallest absolute Gasteiger partial charge is 0.416 e. The molecule has 6 aromatic rings. The molecule has 1 N–H and O–H groups in total. The molecular formula is C80H97F7N8O8. The highest BCUT2D eigenvalue weighted by Crippen LogP contribution is 2.49. The Kier molecular flexibility index (Phi) is 25.7. The Balaban J connectivity index is 0.625. The van der Waals surface area contributed by atoms with Gasteiger partial charge in [0.2, 0.25) is 11.8 Å². The maximum Gasteiger partial charge on any atom is 0.416 e. The molecule has 0 unspecified atom stereocenters. The number of ether oxygens (including phenoxy) is 3. The number of likely N-dealkylation sites (tertiary alicyclic amines) is 2. The van der Waals surface area contributed by atoms with Crippen LogP contribution in [0.5, 0.6) is 0 Å². The van der Waals surface area contributed by atoms with Gasteiger partial charge < -0.3 is 43.6 Å². The number of rotatable bonds is 28. The monoisotopic (exact) mass is 1430 g/mol. The lowest BCUT2D eigenvalue weighted by Gasteiger charge is -2.44. The zero-order valence-electron chi connectivity index (χ0n) is 59.9. The van der Waals surface area contributed by atoms with Crippen molar-refractivity contribution in [3.8, 4) is 11.1 Å². The normalized spacial score (nSPS) is 18.1. The van der Waals surface area contributed by atoms with Crippen LogP contribution in [0.1, 0.15) is 139 Å². The van der Waals surface area contributed by atoms with Crippen molar-refractivity contribution >= 4 is 35.4 Å². The molecule has 1 aliphatic carbocycles. The van der Waals surface area contributed by atoms with Crippen molar-refractivity contribution < 1.29 is 68.9 Å². The molecule has 554 valence electrons. The summed E-state index contributed by atoms with van der Waals surface area (Å²) in [5, 5.41) is 2.94. The summed E-state index contributed by atoms with van der Waals surface area (Å²) >= 11 is 0. The molecule has 10 rings (SSSR count). The van der Waals surface area contributed by atoms with Gasteiger partial charge in [-0.25, -0.2) is 9.18 Å². The third-order valence-corrected chi connectivity index (χ3v) is 20.7. The van der Waals surface area contributed by atoms with Gasteiger partial charge in [0.25, 0.3) is 11.8 Å². The molecule has 5 amide bonds. The first kappa shape index (κ1) is 77.4. The largest absolute Gasteiger partial charge is 0.446 e. The summed E-state index contributed by atoms with van der Waals surface area (Å²) in [5.74, 6) is -1.77. The highest BCUT2D eigenvalue weighted by Gasteiger charge is 2.50. The first-order valence-corrected chi connectivity index (χ1v) is 35.8. The Bertz CT molecular complexity index is 3810. The minimum atomic E-state index is -5.15. The van der Waals surface area contributed by atoms with E-state index in [0.29, 0.717) is 100 Å². The van der Waals surface area contributed by atoms with Crippen LogP contribution in [0.25, 0.3) is 11.1 Å². The maximum atomic E-state index is 14.3. The summed E-state index contributed by atoms with van der Waals surface area (Å²) in [6.07, 6.45) is -3.85. The molecule has 103 heavy (non-hydrogen) atoms. The first-order chi connectivity index (χ1) is 49.0. The lowest BCUT2D eigenvalue weighted by molar-refractivity contribution is -0.143. The number of halogens is 7. The Morgan fingerprint density at radius 3 is 1.95 bits per heavy atom. The molecule has 0 aromatic heterocycles. The second kappa shape index (κ2) is 34.1. The summed E-state index contributed by atoms with van der Waals surface area (Å²) in [4.78, 5) is 80.6. The number of anilines is 1. The fraction of sp³-hybridized carbons (Fsp3) is 0.487. The van der Waals surface area contributed by atoms with Gasteiger partial charge in [0.1, 0.15) is 30.9 Å². The van der Waals surface area contributed by atoms with Gasteiger partial charge in [-0.3, -0.25) is 29.4 Å². The van der Waals surface area contributed by atoms with Crippen LogP contribution < -0.4 is 5.32 Å². The molecule has 2 atom stereocenters. The fourth-order valence-electron chi connectivity index (χ4n) is 14.9. The molecule has 3 heterocycles. The number of hydrogen-bond donors (Lipinski definition) is 1. The molecule has 3 fully saturated rings. The van der Waals surface area contributed by atoms with Crippen molar-refractivity contribution in [1.82, 2.24) is 34.3 Å². The van der Waals surface area contributed by atoms with Crippen molar-refractivity contribution in [2.24, 2.45) is 5.41 Å². The van der Waals surface area contributed by atoms with Crippen molar-refractivity contribution in [3.05, 3.63) is 196 Å². The number of fused-ring (bicyclic) bond motifs is 2. The molecule has 23 heteroatoms. The molecule has 6 aromatic carbocycles. The number of carbonyl (C=O) groups excluding carboxylic acids is 5. The van der Waals surface area contributed by atoms with Crippen LogP contribution in [-0.2, 0) is 60.1 Å². The number of unbranched alkanes of at least 4 members (excludes halogenated alkanes) is 2. The zero-order valence-corrected chi connectivity index (χ0v) is 59.9. The Labute approximate surface area is 600 Å². The highest BCUT2D eigenvalue weighted by molar-refractivity contribution is 5.95. The number of para-hydroxylation sites is 1. The van der Waals surface area contributed by atoms with Crippen LogP contribution in [-0.4, -0.2) is 189 Å². The molecule has 0 radical (unpaired) electrons. The number of alkyl halides is 6. The van der Waals surface area contributed by atoms with E-state index >= 15 is 0 Å². The van der Waals surface area contributed by atoms with Crippen molar-refractivity contribution in [3.63, 3.8) is 0 Å². The number of amides is 5. The van der Waals surface area contributed by atoms with Crippen LogP contribution in [0, 0.1) is 11.2 Å². The van der Waals surface area contributed by atoms with Crippen LogP contribution in [0.15, 0.2) is 146 Å². The lowest BCUT2D eigenvalue weighted by Crippen LogP contribution is -2.50. The first-order valence-electron chi connectivity index (χ1n) is 35.8. The topological polar surface area (TPSA) is 148 Å². The van der Waals surface area contributed by atoms with E-state index in [4.69, 9.17) is 14.2 Å². The molecule has 16 nitrogen and oxygen atoms in total. The number of benzene rings is 6. The van der Waals surface area contributed by atoms with Crippen LogP contribution in [0.3, 0.4) is 0 Å². The van der Waals surface area contributed by atoms with Crippen molar-refractivity contribution in [1.29, 1.82) is 0 Å². The molecule has 4 aliphatic rings. The van der Waals surface area contributed by atoms with Gasteiger partial charge in [0.05, 0.1) is 29.5 Å². The average molecular weight is 1430 g/mol. The van der Waals surface area contributed by atoms with E-state index in [-0.39, 0.29) is 61.0 Å². The van der Waals surface area contributed by atoms with Crippen LogP contribution in [0.4, 0.5) is 41.2 Å². The molecular weight excluding hydrogens is 1330 g/mol. The SMILES string of the molecule is CN(CCN1CCC(OC(=O)Nc2ccccc2-c2ccccc2)CC1)C(=O)CCCCCN(Cc1ccc(C(=O)N(C)CCCN(C)C(=O)CO[C@H]2Cc3ccccc3C23CCN(CC[C@]2(c4ccc(F)cc4)CN(C(=O)c4cc(C(F)(F)F)cc(C(F)(F)F)c4)CO2)CC3)cc1)CC(C)(C)C. The van der Waals surface area contributed by atoms with E-state index in [1.807, 2.05) is 103 Å². The predicted molar refractivity (Wildman–Crippen MR) is 381 cm³/mol. The molecule has 3 aliphatic heterocycles. The summed E-state index contributed by atoms with van der Waals surface area (Å²) in [6.45, 7) is 13.8. The number of piperidine rings is 2. The van der Waals surface area contributed by atoms with Gasteiger partial charge in [-0.2, -0.15) is 26.3 Å². The van der Waals surface area contributed by atoms with Gasteiger partial charge >= 0.3 is 18.4 Å². The molecule has 0 bridgehead atoms. The second-order valence-corrected chi connectivity index (χ2v) is 29.5. The number of likely N-dealkylation sites (N-methyl/N-ethyl adjacent to an activating group) is 2.